The summed E-state index contributed by atoms with van der Waals surface area (Å²) in [5, 5.41) is 13.6. The quantitative estimate of drug-likeness (QED) is 0.451. The first-order valence-electron chi connectivity index (χ1n) is 9.65. The standard InChI is InChI=1S/C23H18ClN3O4/c24-20-13-18(27(30)31)8-9-19(20)23(29)25-17-7-10-21-16(12-17)6-11-22(28)26(21)14-15-4-2-1-3-5-15/h1-5,7-10,12-13H,6,11,14H2,(H,25,29). The van der Waals surface area contributed by atoms with Crippen LogP contribution in [0.1, 0.15) is 27.9 Å². The van der Waals surface area contributed by atoms with Crippen molar-refractivity contribution in [3.05, 3.63) is 98.6 Å². The van der Waals surface area contributed by atoms with Crippen molar-refractivity contribution < 1.29 is 14.5 Å². The van der Waals surface area contributed by atoms with Crippen LogP contribution in [0.4, 0.5) is 17.1 Å². The van der Waals surface area contributed by atoms with Crippen LogP contribution in [0.25, 0.3) is 0 Å². The zero-order valence-corrected chi connectivity index (χ0v) is 17.1. The summed E-state index contributed by atoms with van der Waals surface area (Å²) in [6, 6.07) is 18.9. The van der Waals surface area contributed by atoms with Crippen molar-refractivity contribution in [1.82, 2.24) is 0 Å². The second-order valence-corrected chi connectivity index (χ2v) is 7.59. The molecule has 31 heavy (non-hydrogen) atoms. The van der Waals surface area contributed by atoms with Crippen LogP contribution < -0.4 is 10.2 Å². The summed E-state index contributed by atoms with van der Waals surface area (Å²) in [6.45, 7) is 0.483. The van der Waals surface area contributed by atoms with Gasteiger partial charge in [0.1, 0.15) is 0 Å². The summed E-state index contributed by atoms with van der Waals surface area (Å²) < 4.78 is 0. The van der Waals surface area contributed by atoms with Crippen molar-refractivity contribution in [3.8, 4) is 0 Å². The highest BCUT2D eigenvalue weighted by Gasteiger charge is 2.25. The molecule has 0 saturated heterocycles. The van der Waals surface area contributed by atoms with Crippen LogP contribution in [0.5, 0.6) is 0 Å². The van der Waals surface area contributed by atoms with Crippen LogP contribution in [0.15, 0.2) is 66.7 Å². The van der Waals surface area contributed by atoms with E-state index in [-0.39, 0.29) is 22.2 Å². The van der Waals surface area contributed by atoms with Gasteiger partial charge < -0.3 is 10.2 Å². The van der Waals surface area contributed by atoms with Gasteiger partial charge in [0.2, 0.25) is 5.91 Å². The van der Waals surface area contributed by atoms with Gasteiger partial charge in [0.15, 0.2) is 0 Å². The summed E-state index contributed by atoms with van der Waals surface area (Å²) in [5.74, 6) is -0.404. The maximum absolute atomic E-state index is 12.6. The van der Waals surface area contributed by atoms with Gasteiger partial charge in [-0.1, -0.05) is 41.9 Å². The normalized spacial score (nSPS) is 12.9. The van der Waals surface area contributed by atoms with E-state index < -0.39 is 10.8 Å². The molecule has 0 saturated carbocycles. The highest BCUT2D eigenvalue weighted by molar-refractivity contribution is 6.34. The first-order chi connectivity index (χ1) is 14.9. The Balaban J connectivity index is 1.55. The van der Waals surface area contributed by atoms with Gasteiger partial charge in [-0.2, -0.15) is 0 Å². The highest BCUT2D eigenvalue weighted by atomic mass is 35.5. The van der Waals surface area contributed by atoms with Crippen LogP contribution in [0.3, 0.4) is 0 Å². The van der Waals surface area contributed by atoms with Gasteiger partial charge in [-0.05, 0) is 41.8 Å². The molecule has 156 valence electrons. The van der Waals surface area contributed by atoms with Gasteiger partial charge in [-0.25, -0.2) is 0 Å². The van der Waals surface area contributed by atoms with Crippen LogP contribution in [-0.2, 0) is 17.8 Å². The van der Waals surface area contributed by atoms with Crippen molar-refractivity contribution in [2.24, 2.45) is 0 Å². The molecular formula is C23H18ClN3O4. The Bertz CT molecular complexity index is 1180. The topological polar surface area (TPSA) is 92.6 Å². The lowest BCUT2D eigenvalue weighted by Gasteiger charge is -2.30. The van der Waals surface area contributed by atoms with Crippen molar-refractivity contribution in [2.45, 2.75) is 19.4 Å². The number of benzene rings is 3. The lowest BCUT2D eigenvalue weighted by molar-refractivity contribution is -0.384. The number of hydrogen-bond donors (Lipinski definition) is 1. The van der Waals surface area contributed by atoms with E-state index in [1.165, 1.54) is 12.1 Å². The van der Waals surface area contributed by atoms with Crippen molar-refractivity contribution in [3.63, 3.8) is 0 Å². The largest absolute Gasteiger partial charge is 0.322 e. The summed E-state index contributed by atoms with van der Waals surface area (Å²) in [7, 11) is 0. The number of nitrogens with zero attached hydrogens (tertiary/aromatic N) is 2. The number of nitro benzene ring substituents is 1. The number of hydrogen-bond acceptors (Lipinski definition) is 4. The number of carbonyl (C=O) groups excluding carboxylic acids is 2. The number of nitro groups is 1. The molecule has 3 aromatic carbocycles. The Morgan fingerprint density at radius 2 is 1.84 bits per heavy atom. The summed E-state index contributed by atoms with van der Waals surface area (Å²) in [4.78, 5) is 37.2. The van der Waals surface area contributed by atoms with Gasteiger partial charge in [0.25, 0.3) is 11.6 Å². The van der Waals surface area contributed by atoms with Crippen molar-refractivity contribution in [1.29, 1.82) is 0 Å². The second kappa shape index (κ2) is 8.57. The van der Waals surface area contributed by atoms with E-state index in [1.807, 2.05) is 42.5 Å². The fourth-order valence-electron chi connectivity index (χ4n) is 3.58. The summed E-state index contributed by atoms with van der Waals surface area (Å²) in [5.41, 5.74) is 3.35. The molecule has 0 bridgehead atoms. The number of anilines is 2. The van der Waals surface area contributed by atoms with E-state index in [1.54, 1.807) is 11.0 Å². The lowest BCUT2D eigenvalue weighted by atomic mass is 9.99. The zero-order valence-electron chi connectivity index (χ0n) is 16.4. The zero-order chi connectivity index (χ0) is 22.0. The summed E-state index contributed by atoms with van der Waals surface area (Å²) in [6.07, 6.45) is 0.979. The number of halogens is 1. The highest BCUT2D eigenvalue weighted by Crippen LogP contribution is 2.32. The average molecular weight is 436 g/mol. The number of carbonyl (C=O) groups is 2. The molecule has 0 aliphatic carbocycles. The Hall–Kier alpha value is -3.71. The third kappa shape index (κ3) is 4.41. The van der Waals surface area contributed by atoms with E-state index in [9.17, 15) is 19.7 Å². The maximum Gasteiger partial charge on any atom is 0.270 e. The van der Waals surface area contributed by atoms with Gasteiger partial charge in [0.05, 0.1) is 22.1 Å². The third-order valence-corrected chi connectivity index (χ3v) is 5.44. The molecule has 0 unspecified atom stereocenters. The number of fused-ring (bicyclic) bond motifs is 1. The van der Waals surface area contributed by atoms with E-state index in [0.717, 1.165) is 22.9 Å². The van der Waals surface area contributed by atoms with E-state index in [4.69, 9.17) is 11.6 Å². The minimum atomic E-state index is -0.570. The van der Waals surface area contributed by atoms with Crippen LogP contribution in [-0.4, -0.2) is 16.7 Å². The monoisotopic (exact) mass is 435 g/mol. The first kappa shape index (κ1) is 20.6. The number of amides is 2. The molecule has 1 aliphatic heterocycles. The molecule has 2 amide bonds. The summed E-state index contributed by atoms with van der Waals surface area (Å²) >= 11 is 6.05. The van der Waals surface area contributed by atoms with E-state index in [0.29, 0.717) is 25.1 Å². The number of non-ortho nitro benzene ring substituents is 1. The Morgan fingerprint density at radius 3 is 2.55 bits per heavy atom. The average Bonchev–Trinajstić information content (AvgIpc) is 2.76. The molecule has 4 rings (SSSR count). The first-order valence-corrected chi connectivity index (χ1v) is 10.0. The SMILES string of the molecule is O=C(Nc1ccc2c(c1)CCC(=O)N2Cc1ccccc1)c1ccc([N+](=O)[O-])cc1Cl. The number of rotatable bonds is 5. The molecule has 8 heteroatoms. The molecule has 0 atom stereocenters. The molecule has 1 N–H and O–H groups in total. The molecule has 0 fully saturated rings. The van der Waals surface area contributed by atoms with Gasteiger partial charge >= 0.3 is 0 Å². The van der Waals surface area contributed by atoms with Crippen LogP contribution >= 0.6 is 11.6 Å². The lowest BCUT2D eigenvalue weighted by Crippen LogP contribution is -2.34. The third-order valence-electron chi connectivity index (χ3n) is 5.13. The second-order valence-electron chi connectivity index (χ2n) is 7.18. The Labute approximate surface area is 183 Å². The molecule has 7 nitrogen and oxygen atoms in total. The molecule has 0 spiro atoms. The van der Waals surface area contributed by atoms with Crippen LogP contribution in [0, 0.1) is 10.1 Å². The molecular weight excluding hydrogens is 418 g/mol. The Kier molecular flexibility index (Phi) is 5.68. The fraction of sp³-hybridized carbons (Fsp3) is 0.130. The predicted molar refractivity (Wildman–Crippen MR) is 118 cm³/mol. The maximum atomic E-state index is 12.6. The smallest absolute Gasteiger partial charge is 0.270 e. The predicted octanol–water partition coefficient (Wildman–Crippen LogP) is 4.98. The van der Waals surface area contributed by atoms with Crippen molar-refractivity contribution in [2.75, 3.05) is 10.2 Å². The minimum Gasteiger partial charge on any atom is -0.322 e. The van der Waals surface area contributed by atoms with Gasteiger partial charge in [-0.3, -0.25) is 19.7 Å². The molecule has 0 aromatic heterocycles. The fourth-order valence-corrected chi connectivity index (χ4v) is 3.84. The minimum absolute atomic E-state index is 0.00397. The van der Waals surface area contributed by atoms with Gasteiger partial charge in [-0.15, -0.1) is 0 Å². The molecule has 1 heterocycles. The number of aryl methyl sites for hydroxylation is 1. The van der Waals surface area contributed by atoms with E-state index >= 15 is 0 Å². The molecule has 3 aromatic rings. The van der Waals surface area contributed by atoms with Crippen molar-refractivity contribution >= 4 is 40.5 Å². The Morgan fingerprint density at radius 1 is 1.06 bits per heavy atom. The van der Waals surface area contributed by atoms with E-state index in [2.05, 4.69) is 5.32 Å². The van der Waals surface area contributed by atoms with Crippen LogP contribution in [0.2, 0.25) is 5.02 Å². The molecule has 1 aliphatic rings. The molecule has 0 radical (unpaired) electrons. The van der Waals surface area contributed by atoms with Gasteiger partial charge in [0, 0.05) is 29.9 Å². The number of nitrogens with one attached hydrogen (secondary N) is 1.